The van der Waals surface area contributed by atoms with Crippen LogP contribution in [0.5, 0.6) is 5.75 Å². The number of hydrogen-bond acceptors (Lipinski definition) is 3. The lowest BCUT2D eigenvalue weighted by molar-refractivity contribution is -0.146. The molecule has 0 unspecified atom stereocenters. The average molecular weight is 290 g/mol. The molecule has 1 heterocycles. The summed E-state index contributed by atoms with van der Waals surface area (Å²) in [7, 11) is 1.62. The number of nitrogens with zero attached hydrogens (tertiary/aromatic N) is 1. The maximum atomic E-state index is 12.1. The summed E-state index contributed by atoms with van der Waals surface area (Å²) in [5, 5.41) is 2.67. The molecule has 1 N–H and O–H groups in total. The lowest BCUT2D eigenvalue weighted by atomic mass is 9.99. The Hall–Kier alpha value is -2.04. The number of benzene rings is 1. The molecule has 21 heavy (non-hydrogen) atoms. The second kappa shape index (κ2) is 6.61. The zero-order chi connectivity index (χ0) is 15.4. The van der Waals surface area contributed by atoms with E-state index >= 15 is 0 Å². The fraction of sp³-hybridized carbons (Fsp3) is 0.500. The Bertz CT molecular complexity index is 511. The highest BCUT2D eigenvalue weighted by molar-refractivity contribution is 5.94. The van der Waals surface area contributed by atoms with Crippen LogP contribution in [0.25, 0.3) is 0 Å². The normalized spacial score (nSPS) is 18.9. The maximum Gasteiger partial charge on any atom is 0.243 e. The van der Waals surface area contributed by atoms with Gasteiger partial charge < -0.3 is 15.0 Å². The predicted octanol–water partition coefficient (Wildman–Crippen LogP) is 1.57. The maximum absolute atomic E-state index is 12.1. The summed E-state index contributed by atoms with van der Waals surface area (Å²) < 4.78 is 5.13. The molecule has 1 aromatic rings. The van der Waals surface area contributed by atoms with Gasteiger partial charge in [0.15, 0.2) is 0 Å². The number of nitrogens with one attached hydrogen (secondary N) is 1. The van der Waals surface area contributed by atoms with E-state index in [0.717, 1.165) is 11.3 Å². The highest BCUT2D eigenvalue weighted by Crippen LogP contribution is 2.19. The van der Waals surface area contributed by atoms with Crippen LogP contribution in [-0.4, -0.2) is 36.4 Å². The summed E-state index contributed by atoms with van der Waals surface area (Å²) >= 11 is 0. The lowest BCUT2D eigenvalue weighted by Gasteiger charge is -2.36. The van der Waals surface area contributed by atoms with Gasteiger partial charge >= 0.3 is 0 Å². The Morgan fingerprint density at radius 3 is 2.52 bits per heavy atom. The van der Waals surface area contributed by atoms with Crippen LogP contribution in [0, 0.1) is 5.92 Å². The molecule has 2 amide bonds. The molecule has 0 aliphatic carbocycles. The van der Waals surface area contributed by atoms with E-state index in [1.165, 1.54) is 0 Å². The molecule has 0 bridgehead atoms. The van der Waals surface area contributed by atoms with Crippen molar-refractivity contribution in [1.82, 2.24) is 10.2 Å². The van der Waals surface area contributed by atoms with Crippen LogP contribution in [0.1, 0.15) is 25.8 Å². The molecule has 114 valence electrons. The van der Waals surface area contributed by atoms with Crippen LogP contribution in [0.4, 0.5) is 0 Å². The molecule has 0 spiro atoms. The second-order valence-corrected chi connectivity index (χ2v) is 5.73. The van der Waals surface area contributed by atoms with Gasteiger partial charge in [0.25, 0.3) is 0 Å². The van der Waals surface area contributed by atoms with Crippen molar-refractivity contribution in [3.05, 3.63) is 29.8 Å². The molecular weight excluding hydrogens is 268 g/mol. The number of piperazine rings is 1. The van der Waals surface area contributed by atoms with Crippen molar-refractivity contribution < 1.29 is 14.3 Å². The molecule has 1 aliphatic rings. The Kier molecular flexibility index (Phi) is 4.83. The van der Waals surface area contributed by atoms with Gasteiger partial charge in [0.1, 0.15) is 11.8 Å². The third-order valence-electron chi connectivity index (χ3n) is 3.62. The Labute approximate surface area is 125 Å². The SMILES string of the molecule is COc1ccc(CN2C(=O)CNC(=O)[C@@H]2CC(C)C)cc1. The summed E-state index contributed by atoms with van der Waals surface area (Å²) in [4.78, 5) is 25.9. The number of carbonyl (C=O) groups excluding carboxylic acids is 2. The smallest absolute Gasteiger partial charge is 0.243 e. The van der Waals surface area contributed by atoms with Gasteiger partial charge in [0, 0.05) is 6.54 Å². The van der Waals surface area contributed by atoms with E-state index in [2.05, 4.69) is 19.2 Å². The molecule has 1 fully saturated rings. The van der Waals surface area contributed by atoms with Gasteiger partial charge in [0.2, 0.25) is 11.8 Å². The van der Waals surface area contributed by atoms with Crippen molar-refractivity contribution in [1.29, 1.82) is 0 Å². The van der Waals surface area contributed by atoms with Gasteiger partial charge in [-0.05, 0) is 30.0 Å². The van der Waals surface area contributed by atoms with Crippen LogP contribution < -0.4 is 10.1 Å². The van der Waals surface area contributed by atoms with E-state index in [1.807, 2.05) is 24.3 Å². The van der Waals surface area contributed by atoms with E-state index in [1.54, 1.807) is 12.0 Å². The number of ether oxygens (including phenoxy) is 1. The van der Waals surface area contributed by atoms with Crippen LogP contribution >= 0.6 is 0 Å². The molecule has 0 radical (unpaired) electrons. The first-order valence-electron chi connectivity index (χ1n) is 7.21. The van der Waals surface area contributed by atoms with Gasteiger partial charge in [-0.15, -0.1) is 0 Å². The fourth-order valence-electron chi connectivity index (χ4n) is 2.50. The van der Waals surface area contributed by atoms with Gasteiger partial charge in [-0.2, -0.15) is 0 Å². The Morgan fingerprint density at radius 1 is 1.29 bits per heavy atom. The second-order valence-electron chi connectivity index (χ2n) is 5.73. The number of rotatable bonds is 5. The minimum Gasteiger partial charge on any atom is -0.497 e. The first-order valence-corrected chi connectivity index (χ1v) is 7.21. The number of carbonyl (C=O) groups is 2. The summed E-state index contributed by atoms with van der Waals surface area (Å²) in [5.74, 6) is 1.04. The summed E-state index contributed by atoms with van der Waals surface area (Å²) in [6.07, 6.45) is 0.674. The molecule has 0 saturated carbocycles. The molecule has 5 nitrogen and oxygen atoms in total. The van der Waals surface area contributed by atoms with Crippen molar-refractivity contribution in [2.45, 2.75) is 32.9 Å². The lowest BCUT2D eigenvalue weighted by Crippen LogP contribution is -2.58. The highest BCUT2D eigenvalue weighted by atomic mass is 16.5. The molecule has 1 saturated heterocycles. The minimum absolute atomic E-state index is 0.0314. The minimum atomic E-state index is -0.381. The quantitative estimate of drug-likeness (QED) is 0.895. The van der Waals surface area contributed by atoms with Crippen LogP contribution in [0.3, 0.4) is 0 Å². The van der Waals surface area contributed by atoms with Gasteiger partial charge in [-0.3, -0.25) is 9.59 Å². The molecule has 2 rings (SSSR count). The topological polar surface area (TPSA) is 58.6 Å². The van der Waals surface area contributed by atoms with Crippen LogP contribution in [0.2, 0.25) is 0 Å². The largest absolute Gasteiger partial charge is 0.497 e. The molecule has 5 heteroatoms. The summed E-state index contributed by atoms with van der Waals surface area (Å²) in [6, 6.07) is 7.19. The van der Waals surface area contributed by atoms with Crippen molar-refractivity contribution >= 4 is 11.8 Å². The Morgan fingerprint density at radius 2 is 1.95 bits per heavy atom. The fourth-order valence-corrected chi connectivity index (χ4v) is 2.50. The predicted molar refractivity (Wildman–Crippen MR) is 79.8 cm³/mol. The van der Waals surface area contributed by atoms with Gasteiger partial charge in [0.05, 0.1) is 13.7 Å². The van der Waals surface area contributed by atoms with Crippen molar-refractivity contribution in [3.8, 4) is 5.75 Å². The molecule has 1 atom stereocenters. The average Bonchev–Trinajstić information content (AvgIpc) is 2.47. The van der Waals surface area contributed by atoms with Gasteiger partial charge in [-0.1, -0.05) is 26.0 Å². The molecule has 0 aromatic heterocycles. The zero-order valence-corrected chi connectivity index (χ0v) is 12.8. The molecule has 1 aliphatic heterocycles. The monoisotopic (exact) mass is 290 g/mol. The first-order chi connectivity index (χ1) is 10.0. The third-order valence-corrected chi connectivity index (χ3v) is 3.62. The summed E-state index contributed by atoms with van der Waals surface area (Å²) in [6.45, 7) is 4.65. The zero-order valence-electron chi connectivity index (χ0n) is 12.8. The number of hydrogen-bond donors (Lipinski definition) is 1. The standard InChI is InChI=1S/C16H22N2O3/c1-11(2)8-14-16(20)17-9-15(19)18(14)10-12-4-6-13(21-3)7-5-12/h4-7,11,14H,8-10H2,1-3H3,(H,17,20)/t14-/m0/s1. The Balaban J connectivity index is 2.15. The van der Waals surface area contributed by atoms with Crippen LogP contribution in [-0.2, 0) is 16.1 Å². The number of amides is 2. The highest BCUT2D eigenvalue weighted by Gasteiger charge is 2.34. The van der Waals surface area contributed by atoms with Crippen LogP contribution in [0.15, 0.2) is 24.3 Å². The number of methoxy groups -OCH3 is 1. The van der Waals surface area contributed by atoms with E-state index in [-0.39, 0.29) is 24.4 Å². The molecular formula is C16H22N2O3. The van der Waals surface area contributed by atoms with Gasteiger partial charge in [-0.25, -0.2) is 0 Å². The van der Waals surface area contributed by atoms with Crippen molar-refractivity contribution in [2.24, 2.45) is 5.92 Å². The molecule has 1 aromatic carbocycles. The first kappa shape index (κ1) is 15.4. The van der Waals surface area contributed by atoms with E-state index in [9.17, 15) is 9.59 Å². The van der Waals surface area contributed by atoms with E-state index < -0.39 is 0 Å². The van der Waals surface area contributed by atoms with E-state index in [4.69, 9.17) is 4.74 Å². The van der Waals surface area contributed by atoms with E-state index in [0.29, 0.717) is 18.9 Å². The third kappa shape index (κ3) is 3.74. The van der Waals surface area contributed by atoms with Crippen molar-refractivity contribution in [2.75, 3.05) is 13.7 Å². The van der Waals surface area contributed by atoms with Crippen molar-refractivity contribution in [3.63, 3.8) is 0 Å². The summed E-state index contributed by atoms with van der Waals surface area (Å²) in [5.41, 5.74) is 0.993.